The highest BCUT2D eigenvalue weighted by molar-refractivity contribution is 6.86. The van der Waals surface area contributed by atoms with Gasteiger partial charge in [0.05, 0.1) is 0 Å². The largest absolute Gasteiger partial charge is 0.446 e. The Morgan fingerprint density at radius 3 is 1.24 bits per heavy atom. The average Bonchev–Trinajstić information content (AvgIpc) is 3.20. The van der Waals surface area contributed by atoms with Gasteiger partial charge in [0, 0.05) is 18.3 Å². The summed E-state index contributed by atoms with van der Waals surface area (Å²) in [7, 11) is -20.9. The maximum absolute atomic E-state index is 7.38. The molecular formula is C38H102O13Si15. The summed E-state index contributed by atoms with van der Waals surface area (Å²) in [5.41, 5.74) is 0. The molecule has 3 fully saturated rings. The van der Waals surface area contributed by atoms with Gasteiger partial charge in [0.2, 0.25) is 0 Å². The fraction of sp³-hybridized carbons (Fsp3) is 1.00. The maximum Gasteiger partial charge on any atom is 0.315 e. The lowest BCUT2D eigenvalue weighted by atomic mass is 10.3. The van der Waals surface area contributed by atoms with Crippen LogP contribution in [0.3, 0.4) is 0 Å². The van der Waals surface area contributed by atoms with E-state index in [0.29, 0.717) is 0 Å². The third-order valence-electron chi connectivity index (χ3n) is 12.9. The van der Waals surface area contributed by atoms with Gasteiger partial charge in [-0.1, -0.05) is 78.6 Å². The van der Waals surface area contributed by atoms with Gasteiger partial charge in [-0.05, 0) is 145 Å². The zero-order chi connectivity index (χ0) is 48.3. The van der Waals surface area contributed by atoms with Crippen LogP contribution in [0.15, 0.2) is 0 Å². The minimum Gasteiger partial charge on any atom is -0.446 e. The van der Waals surface area contributed by atoms with Crippen molar-refractivity contribution in [1.29, 1.82) is 0 Å². The van der Waals surface area contributed by atoms with Crippen molar-refractivity contribution >= 4 is 139 Å². The fourth-order valence-electron chi connectivity index (χ4n) is 9.91. The zero-order valence-electron chi connectivity index (χ0n) is 44.4. The molecule has 0 amide bonds. The Labute approximate surface area is 431 Å². The highest BCUT2D eigenvalue weighted by atomic mass is 28.5. The molecule has 392 valence electrons. The molecule has 0 N–H and O–H groups in total. The van der Waals surface area contributed by atoms with Crippen molar-refractivity contribution in [2.75, 3.05) is 0 Å². The molecule has 0 aliphatic carbocycles. The third-order valence-corrected chi connectivity index (χ3v) is 60.4. The third kappa shape index (κ3) is 27.9. The summed E-state index contributed by atoms with van der Waals surface area (Å²) >= 11 is 0. The normalized spacial score (nSPS) is 36.2. The first-order valence-electron chi connectivity index (χ1n) is 26.9. The summed E-state index contributed by atoms with van der Waals surface area (Å²) in [6.07, 6.45) is 11.7. The predicted molar refractivity (Wildman–Crippen MR) is 314 cm³/mol. The molecule has 3 rings (SSSR count). The van der Waals surface area contributed by atoms with Crippen LogP contribution in [-0.4, -0.2) is 157 Å². The molecule has 0 aromatic carbocycles. The van der Waals surface area contributed by atoms with Crippen LogP contribution in [0.25, 0.3) is 0 Å². The molecule has 0 aromatic heterocycles. The fourth-order valence-corrected chi connectivity index (χ4v) is 63.0. The lowest BCUT2D eigenvalue weighted by molar-refractivity contribution is 0.173. The van der Waals surface area contributed by atoms with Crippen molar-refractivity contribution in [3.05, 3.63) is 0 Å². The van der Waals surface area contributed by atoms with Gasteiger partial charge in [-0.15, -0.1) is 0 Å². The molecule has 0 aromatic rings. The van der Waals surface area contributed by atoms with E-state index in [1.165, 1.54) is 57.8 Å². The quantitative estimate of drug-likeness (QED) is 0.0654. The van der Waals surface area contributed by atoms with Crippen LogP contribution < -0.4 is 0 Å². The van der Waals surface area contributed by atoms with Crippen LogP contribution in [-0.2, 0) is 54.4 Å². The van der Waals surface area contributed by atoms with Crippen molar-refractivity contribution in [1.82, 2.24) is 0 Å². The van der Waals surface area contributed by atoms with Crippen LogP contribution in [0.1, 0.15) is 99.3 Å². The van der Waals surface area contributed by atoms with E-state index in [4.69, 9.17) is 54.4 Å². The molecule has 12 atom stereocenters. The van der Waals surface area contributed by atoms with E-state index in [2.05, 4.69) is 80.8 Å². The average molecular weight is 1190 g/mol. The molecule has 3 heterocycles. The summed E-state index contributed by atoms with van der Waals surface area (Å²) < 4.78 is 86.7. The number of hydrogen-bond donors (Lipinski definition) is 0. The molecule has 0 bridgehead atoms. The maximum atomic E-state index is 7.38. The molecule has 66 heavy (non-hydrogen) atoms. The van der Waals surface area contributed by atoms with Gasteiger partial charge in [-0.2, -0.15) is 0 Å². The summed E-state index contributed by atoms with van der Waals surface area (Å²) in [6, 6.07) is 15.3. The molecule has 3 aliphatic heterocycles. The second-order valence-electron chi connectivity index (χ2n) is 20.7. The standard InChI is InChI=1S/C38H102O13Si15/c1-13-16-19-29-64(10)46-58(7)33-36(4)39-60(48-64)26-22-52-42-56-43-54-24-28-62-41-38(6)35-63(9,51-66(12,50-62)31-21-18-15-3)32-25-55-45-57-44-53-23-27-61-40-37(5)34-59(8)47-65(11,49-61)30-20-17-14-2/h36-38,58-62H,13-35,52-57H2,1-12H3. The van der Waals surface area contributed by atoms with Gasteiger partial charge in [0.25, 0.3) is 20.0 Å². The predicted octanol–water partition coefficient (Wildman–Crippen LogP) is 5.15. The second kappa shape index (κ2) is 35.1. The first kappa shape index (κ1) is 63.0. The van der Waals surface area contributed by atoms with E-state index >= 15 is 0 Å². The van der Waals surface area contributed by atoms with E-state index in [1.807, 2.05) is 0 Å². The highest BCUT2D eigenvalue weighted by Gasteiger charge is 2.46. The van der Waals surface area contributed by atoms with E-state index in [0.717, 1.165) is 84.6 Å². The Kier molecular flexibility index (Phi) is 33.5. The highest BCUT2D eigenvalue weighted by Crippen LogP contribution is 2.34. The molecule has 28 heteroatoms. The monoisotopic (exact) mass is 1190 g/mol. The van der Waals surface area contributed by atoms with Gasteiger partial charge >= 0.3 is 53.5 Å². The van der Waals surface area contributed by atoms with Crippen molar-refractivity contribution in [3.63, 3.8) is 0 Å². The summed E-state index contributed by atoms with van der Waals surface area (Å²) in [5.74, 6) is 0. The number of rotatable bonds is 32. The smallest absolute Gasteiger partial charge is 0.315 e. The Bertz CT molecular complexity index is 1260. The Morgan fingerprint density at radius 2 is 0.833 bits per heavy atom. The first-order valence-corrected chi connectivity index (χ1v) is 56.0. The van der Waals surface area contributed by atoms with E-state index in [1.54, 1.807) is 0 Å². The second-order valence-corrected chi connectivity index (χ2v) is 59.2. The summed E-state index contributed by atoms with van der Waals surface area (Å²) in [4.78, 5) is 0. The summed E-state index contributed by atoms with van der Waals surface area (Å²) in [6.45, 7) is 27.6. The molecular weight excluding hydrogens is 1090 g/mol. The lowest BCUT2D eigenvalue weighted by Gasteiger charge is -2.44. The minimum absolute atomic E-state index is 0.183. The van der Waals surface area contributed by atoms with Crippen LogP contribution in [0.5, 0.6) is 0 Å². The SMILES string of the molecule is CCCCC[Si]1(C)O[SiH](C)CC(C)O[SiH](CC[SiH2]O[SiH2]O[SiH2]CC[SiH]2OC(C)C[Si](C)(CC[SiH2]O[SiH2]O[SiH2]CC[SiH]3OC(C)C[SiH](C)O[Si](C)(CCCCC)O3)O[Si](C)(CCCCC)O2)O1. The van der Waals surface area contributed by atoms with Crippen LogP contribution in [0, 0.1) is 0 Å². The van der Waals surface area contributed by atoms with Gasteiger partial charge in [-0.25, -0.2) is 0 Å². The van der Waals surface area contributed by atoms with Crippen LogP contribution in [0.2, 0.25) is 124 Å². The van der Waals surface area contributed by atoms with Crippen LogP contribution in [0.4, 0.5) is 0 Å². The molecule has 12 unspecified atom stereocenters. The number of unbranched alkanes of at least 4 members (excludes halogenated alkanes) is 6. The molecule has 0 saturated carbocycles. The molecule has 0 spiro atoms. The van der Waals surface area contributed by atoms with Crippen LogP contribution >= 0.6 is 0 Å². The van der Waals surface area contributed by atoms with Gasteiger partial charge in [0.1, 0.15) is 39.1 Å². The van der Waals surface area contributed by atoms with Crippen molar-refractivity contribution in [3.8, 4) is 0 Å². The Balaban J connectivity index is 1.34. The summed E-state index contributed by atoms with van der Waals surface area (Å²) in [5, 5.41) is 0. The van der Waals surface area contributed by atoms with Crippen molar-refractivity contribution in [2.24, 2.45) is 0 Å². The van der Waals surface area contributed by atoms with E-state index in [-0.39, 0.29) is 18.3 Å². The van der Waals surface area contributed by atoms with E-state index in [9.17, 15) is 0 Å². The molecule has 3 aliphatic rings. The molecule has 3 saturated heterocycles. The Morgan fingerprint density at radius 1 is 0.470 bits per heavy atom. The Hall–Kier alpha value is 2.73. The van der Waals surface area contributed by atoms with E-state index < -0.39 is 139 Å². The lowest BCUT2D eigenvalue weighted by Crippen LogP contribution is -2.57. The van der Waals surface area contributed by atoms with Gasteiger partial charge in [-0.3, -0.25) is 0 Å². The number of hydrogen-bond acceptors (Lipinski definition) is 13. The van der Waals surface area contributed by atoms with Crippen molar-refractivity contribution in [2.45, 2.75) is 242 Å². The van der Waals surface area contributed by atoms with Gasteiger partial charge in [0.15, 0.2) is 26.4 Å². The molecule has 13 nitrogen and oxygen atoms in total. The zero-order valence-corrected chi connectivity index (χ0v) is 62.7. The van der Waals surface area contributed by atoms with Crippen molar-refractivity contribution < 1.29 is 54.4 Å². The first-order chi connectivity index (χ1) is 31.5. The van der Waals surface area contributed by atoms with Gasteiger partial charge < -0.3 is 54.4 Å². The molecule has 0 radical (unpaired) electrons. The minimum atomic E-state index is -2.37. The topological polar surface area (TPSA) is 120 Å².